The Balaban J connectivity index is 2.01. The van der Waals surface area contributed by atoms with Gasteiger partial charge in [0.05, 0.1) is 27.0 Å². The number of anilines is 2. The van der Waals surface area contributed by atoms with E-state index >= 15 is 0 Å². The first-order chi connectivity index (χ1) is 16.9. The highest BCUT2D eigenvalue weighted by atomic mass is 79.9. The minimum Gasteiger partial charge on any atom is -0.497 e. The number of hydrogen-bond donors (Lipinski definition) is 1. The van der Waals surface area contributed by atoms with Gasteiger partial charge >= 0.3 is 5.97 Å². The lowest BCUT2D eigenvalue weighted by atomic mass is 10.1. The van der Waals surface area contributed by atoms with Gasteiger partial charge in [0.25, 0.3) is 5.91 Å². The average molecular weight is 539 g/mol. The Morgan fingerprint density at radius 3 is 2.31 bits per heavy atom. The first-order valence-corrected chi connectivity index (χ1v) is 11.6. The van der Waals surface area contributed by atoms with Gasteiger partial charge in [-0.2, -0.15) is 0 Å². The van der Waals surface area contributed by atoms with E-state index < -0.39 is 12.0 Å². The maximum Gasteiger partial charge on any atom is 0.325 e. The van der Waals surface area contributed by atoms with Crippen molar-refractivity contribution in [2.24, 2.45) is 0 Å². The molecule has 3 aromatic carbocycles. The zero-order chi connectivity index (χ0) is 25.2. The number of amides is 1. The van der Waals surface area contributed by atoms with Gasteiger partial charge in [0, 0.05) is 16.2 Å². The lowest BCUT2D eigenvalue weighted by Gasteiger charge is -2.27. The summed E-state index contributed by atoms with van der Waals surface area (Å²) in [6.07, 6.45) is 3.61. The van der Waals surface area contributed by atoms with Crippen molar-refractivity contribution < 1.29 is 23.8 Å². The van der Waals surface area contributed by atoms with E-state index in [9.17, 15) is 9.59 Å². The number of halogens is 1. The van der Waals surface area contributed by atoms with Crippen LogP contribution in [0.4, 0.5) is 11.4 Å². The molecule has 0 saturated heterocycles. The molecule has 1 atom stereocenters. The molecule has 0 heterocycles. The molecular weight excluding hydrogens is 512 g/mol. The molecule has 3 rings (SSSR count). The van der Waals surface area contributed by atoms with Crippen LogP contribution in [0, 0.1) is 0 Å². The fourth-order valence-electron chi connectivity index (χ4n) is 3.33. The van der Waals surface area contributed by atoms with Gasteiger partial charge in [0.2, 0.25) is 0 Å². The summed E-state index contributed by atoms with van der Waals surface area (Å²) in [5.74, 6) is 0.257. The van der Waals surface area contributed by atoms with Gasteiger partial charge in [-0.05, 0) is 42.0 Å². The van der Waals surface area contributed by atoms with Crippen LogP contribution in [0.3, 0.4) is 0 Å². The highest BCUT2D eigenvalue weighted by Gasteiger charge is 2.27. The van der Waals surface area contributed by atoms with Gasteiger partial charge in [-0.3, -0.25) is 14.5 Å². The molecule has 0 unspecified atom stereocenters. The fraction of sp³-hybridized carbons (Fsp3) is 0.185. The summed E-state index contributed by atoms with van der Waals surface area (Å²) in [6.45, 7) is -0.242. The third-order valence-electron chi connectivity index (χ3n) is 5.19. The van der Waals surface area contributed by atoms with E-state index in [1.807, 2.05) is 48.5 Å². The van der Waals surface area contributed by atoms with Crippen molar-refractivity contribution in [1.82, 2.24) is 0 Å². The third-order valence-corrected chi connectivity index (χ3v) is 5.71. The van der Waals surface area contributed by atoms with Crippen molar-refractivity contribution in [1.29, 1.82) is 0 Å². The van der Waals surface area contributed by atoms with Crippen LogP contribution >= 0.6 is 15.9 Å². The summed E-state index contributed by atoms with van der Waals surface area (Å²) >= 11 is 3.40. The molecule has 0 spiro atoms. The number of carbonyl (C=O) groups excluding carboxylic acids is 2. The molecule has 1 N–H and O–H groups in total. The molecule has 8 heteroatoms. The SMILES string of the molecule is COC(=O)CN(C(=O)[C@H](/C=C/c1ccccc1)Nc1ccc(OC)cc1OC)c1ccc(Br)cc1. The van der Waals surface area contributed by atoms with Gasteiger partial charge in [-0.1, -0.05) is 58.4 Å². The molecule has 0 radical (unpaired) electrons. The second-order valence-electron chi connectivity index (χ2n) is 7.43. The van der Waals surface area contributed by atoms with Crippen LogP contribution < -0.4 is 19.7 Å². The Morgan fingerprint density at radius 1 is 0.971 bits per heavy atom. The summed E-state index contributed by atoms with van der Waals surface area (Å²) in [5, 5.41) is 3.25. The van der Waals surface area contributed by atoms with E-state index in [-0.39, 0.29) is 12.5 Å². The maximum atomic E-state index is 13.9. The van der Waals surface area contributed by atoms with Crippen LogP contribution in [-0.4, -0.2) is 45.8 Å². The summed E-state index contributed by atoms with van der Waals surface area (Å²) in [6, 6.07) is 21.2. The standard InChI is InChI=1S/C27H27BrN2O5/c1-33-22-14-16-23(25(17-22)34-2)29-24(15-9-19-7-5-4-6-8-19)27(32)30(18-26(31)35-3)21-12-10-20(28)11-13-21/h4-17,24,29H,18H2,1-3H3/b15-9+/t24-/m0/s1. The minimum atomic E-state index is -0.828. The Labute approximate surface area is 213 Å². The van der Waals surface area contributed by atoms with Crippen LogP contribution in [-0.2, 0) is 14.3 Å². The monoisotopic (exact) mass is 538 g/mol. The van der Waals surface area contributed by atoms with Crippen molar-refractivity contribution in [3.05, 3.63) is 88.9 Å². The molecule has 0 bridgehead atoms. The highest BCUT2D eigenvalue weighted by molar-refractivity contribution is 9.10. The first-order valence-electron chi connectivity index (χ1n) is 10.8. The van der Waals surface area contributed by atoms with Gasteiger partial charge in [-0.25, -0.2) is 0 Å². The van der Waals surface area contributed by atoms with Crippen LogP contribution in [0.5, 0.6) is 11.5 Å². The molecule has 182 valence electrons. The molecule has 0 aromatic heterocycles. The molecule has 35 heavy (non-hydrogen) atoms. The van der Waals surface area contributed by atoms with Crippen molar-refractivity contribution in [2.75, 3.05) is 38.1 Å². The number of rotatable bonds is 10. The largest absolute Gasteiger partial charge is 0.497 e. The zero-order valence-electron chi connectivity index (χ0n) is 19.7. The molecular formula is C27H27BrN2O5. The normalized spacial score (nSPS) is 11.5. The number of hydrogen-bond acceptors (Lipinski definition) is 6. The van der Waals surface area contributed by atoms with Gasteiger partial charge in [0.1, 0.15) is 24.1 Å². The Morgan fingerprint density at radius 2 is 1.69 bits per heavy atom. The van der Waals surface area contributed by atoms with Crippen molar-refractivity contribution in [2.45, 2.75) is 6.04 Å². The zero-order valence-corrected chi connectivity index (χ0v) is 21.3. The second-order valence-corrected chi connectivity index (χ2v) is 8.35. The molecule has 0 saturated carbocycles. The molecule has 0 aliphatic heterocycles. The van der Waals surface area contributed by atoms with Crippen molar-refractivity contribution >= 4 is 45.3 Å². The predicted molar refractivity (Wildman–Crippen MR) is 141 cm³/mol. The molecule has 0 aliphatic rings. The number of benzene rings is 3. The number of ether oxygens (including phenoxy) is 3. The van der Waals surface area contributed by atoms with Crippen LogP contribution in [0.25, 0.3) is 6.08 Å². The first kappa shape index (κ1) is 25.8. The van der Waals surface area contributed by atoms with Gasteiger partial charge in [0.15, 0.2) is 0 Å². The molecule has 0 aliphatic carbocycles. The van der Waals surface area contributed by atoms with Crippen LogP contribution in [0.1, 0.15) is 5.56 Å². The topological polar surface area (TPSA) is 77.1 Å². The number of esters is 1. The quantitative estimate of drug-likeness (QED) is 0.359. The lowest BCUT2D eigenvalue weighted by Crippen LogP contribution is -2.45. The maximum absolute atomic E-state index is 13.9. The summed E-state index contributed by atoms with van der Waals surface area (Å²) in [7, 11) is 4.40. The summed E-state index contributed by atoms with van der Waals surface area (Å²) in [4.78, 5) is 27.4. The van der Waals surface area contributed by atoms with Gasteiger partial charge < -0.3 is 19.5 Å². The molecule has 7 nitrogen and oxygen atoms in total. The molecule has 1 amide bonds. The van der Waals surface area contributed by atoms with Crippen LogP contribution in [0.2, 0.25) is 0 Å². The number of carbonyl (C=O) groups is 2. The average Bonchev–Trinajstić information content (AvgIpc) is 2.90. The van der Waals surface area contributed by atoms with E-state index in [4.69, 9.17) is 14.2 Å². The Hall–Kier alpha value is -3.78. The van der Waals surface area contributed by atoms with E-state index in [2.05, 4.69) is 21.2 Å². The van der Waals surface area contributed by atoms with E-state index in [1.54, 1.807) is 50.6 Å². The van der Waals surface area contributed by atoms with E-state index in [0.717, 1.165) is 10.0 Å². The Bertz CT molecular complexity index is 1170. The number of methoxy groups -OCH3 is 3. The summed E-state index contributed by atoms with van der Waals surface area (Å²) < 4.78 is 16.5. The second kappa shape index (κ2) is 12.6. The minimum absolute atomic E-state index is 0.242. The number of nitrogens with one attached hydrogen (secondary N) is 1. The Kier molecular flexibility index (Phi) is 9.31. The third kappa shape index (κ3) is 7.10. The predicted octanol–water partition coefficient (Wildman–Crippen LogP) is 5.17. The van der Waals surface area contributed by atoms with E-state index in [1.165, 1.54) is 12.0 Å². The smallest absolute Gasteiger partial charge is 0.325 e. The van der Waals surface area contributed by atoms with Gasteiger partial charge in [-0.15, -0.1) is 0 Å². The number of nitrogens with zero attached hydrogens (tertiary/aromatic N) is 1. The van der Waals surface area contributed by atoms with Crippen LogP contribution in [0.15, 0.2) is 83.3 Å². The molecule has 3 aromatic rings. The van der Waals surface area contributed by atoms with Crippen molar-refractivity contribution in [3.8, 4) is 11.5 Å². The fourth-order valence-corrected chi connectivity index (χ4v) is 3.59. The molecule has 0 fully saturated rings. The van der Waals surface area contributed by atoms with Crippen molar-refractivity contribution in [3.63, 3.8) is 0 Å². The highest BCUT2D eigenvalue weighted by Crippen LogP contribution is 2.30. The lowest BCUT2D eigenvalue weighted by molar-refractivity contribution is -0.140. The summed E-state index contributed by atoms with van der Waals surface area (Å²) in [5.41, 5.74) is 2.08. The van der Waals surface area contributed by atoms with E-state index in [0.29, 0.717) is 22.9 Å².